The molecule has 0 saturated carbocycles. The molecule has 2 aromatic carbocycles. The Kier molecular flexibility index (Phi) is 6.00. The number of amides is 1. The summed E-state index contributed by atoms with van der Waals surface area (Å²) in [5, 5.41) is 5.15. The minimum Gasteiger partial charge on any atom is -0.497 e. The number of hydrogen-bond donors (Lipinski definition) is 1. The van der Waals surface area contributed by atoms with Crippen LogP contribution < -0.4 is 24.3 Å². The normalized spacial score (nSPS) is 10.3. The van der Waals surface area contributed by atoms with Crippen LogP contribution >= 0.6 is 11.3 Å². The second kappa shape index (κ2) is 8.62. The highest BCUT2D eigenvalue weighted by Gasteiger charge is 2.14. The summed E-state index contributed by atoms with van der Waals surface area (Å²) >= 11 is 1.33. The molecule has 28 heavy (non-hydrogen) atoms. The summed E-state index contributed by atoms with van der Waals surface area (Å²) in [6, 6.07) is 10.5. The number of carbonyl (C=O) groups excluding carboxylic acids is 1. The van der Waals surface area contributed by atoms with E-state index in [0.29, 0.717) is 33.7 Å². The lowest BCUT2D eigenvalue weighted by Crippen LogP contribution is -2.12. The zero-order valence-corrected chi connectivity index (χ0v) is 16.8. The van der Waals surface area contributed by atoms with Gasteiger partial charge >= 0.3 is 0 Å². The number of anilines is 1. The first-order valence-electron chi connectivity index (χ1n) is 8.30. The maximum absolute atomic E-state index is 12.6. The van der Waals surface area contributed by atoms with Crippen LogP contribution in [0.15, 0.2) is 41.8 Å². The van der Waals surface area contributed by atoms with Crippen molar-refractivity contribution in [2.24, 2.45) is 0 Å². The number of hydrogen-bond acceptors (Lipinski definition) is 7. The first-order chi connectivity index (χ1) is 13.6. The zero-order chi connectivity index (χ0) is 20.1. The van der Waals surface area contributed by atoms with Gasteiger partial charge in [0.15, 0.2) is 16.6 Å². The Hall–Kier alpha value is -3.26. The zero-order valence-electron chi connectivity index (χ0n) is 15.9. The first kappa shape index (κ1) is 19.5. The molecule has 0 atom stereocenters. The summed E-state index contributed by atoms with van der Waals surface area (Å²) in [7, 11) is 6.23. The van der Waals surface area contributed by atoms with Crippen molar-refractivity contribution in [3.8, 4) is 34.3 Å². The van der Waals surface area contributed by atoms with Crippen molar-refractivity contribution in [2.45, 2.75) is 0 Å². The van der Waals surface area contributed by atoms with Crippen LogP contribution in [0.5, 0.6) is 23.0 Å². The van der Waals surface area contributed by atoms with Crippen molar-refractivity contribution >= 4 is 22.4 Å². The third-order valence-electron chi connectivity index (χ3n) is 4.02. The van der Waals surface area contributed by atoms with E-state index in [9.17, 15) is 4.79 Å². The summed E-state index contributed by atoms with van der Waals surface area (Å²) in [4.78, 5) is 17.1. The van der Waals surface area contributed by atoms with Crippen LogP contribution in [0.25, 0.3) is 11.3 Å². The molecule has 3 rings (SSSR count). The maximum atomic E-state index is 12.6. The van der Waals surface area contributed by atoms with E-state index >= 15 is 0 Å². The Morgan fingerprint density at radius 2 is 1.57 bits per heavy atom. The van der Waals surface area contributed by atoms with Gasteiger partial charge in [0.25, 0.3) is 5.91 Å². The van der Waals surface area contributed by atoms with Gasteiger partial charge in [-0.05, 0) is 30.3 Å². The van der Waals surface area contributed by atoms with Crippen molar-refractivity contribution in [1.82, 2.24) is 4.98 Å². The molecule has 0 unspecified atom stereocenters. The lowest BCUT2D eigenvalue weighted by Gasteiger charge is -2.08. The van der Waals surface area contributed by atoms with Crippen LogP contribution in [0.4, 0.5) is 5.13 Å². The first-order valence-corrected chi connectivity index (χ1v) is 9.18. The van der Waals surface area contributed by atoms with Gasteiger partial charge in [-0.3, -0.25) is 10.1 Å². The van der Waals surface area contributed by atoms with Gasteiger partial charge < -0.3 is 18.9 Å². The minimum atomic E-state index is -0.301. The van der Waals surface area contributed by atoms with Crippen LogP contribution in [0.1, 0.15) is 10.4 Å². The van der Waals surface area contributed by atoms with E-state index in [4.69, 9.17) is 18.9 Å². The van der Waals surface area contributed by atoms with Gasteiger partial charge in [-0.25, -0.2) is 4.98 Å². The van der Waals surface area contributed by atoms with E-state index in [1.54, 1.807) is 32.4 Å². The molecule has 1 heterocycles. The molecule has 146 valence electrons. The highest BCUT2D eigenvalue weighted by Crippen LogP contribution is 2.33. The number of ether oxygens (including phenoxy) is 4. The lowest BCUT2D eigenvalue weighted by atomic mass is 10.1. The number of benzene rings is 2. The van der Waals surface area contributed by atoms with E-state index < -0.39 is 0 Å². The molecule has 7 nitrogen and oxygen atoms in total. The molecule has 0 bridgehead atoms. The van der Waals surface area contributed by atoms with Crippen molar-refractivity contribution in [2.75, 3.05) is 33.8 Å². The van der Waals surface area contributed by atoms with E-state index in [2.05, 4.69) is 10.3 Å². The van der Waals surface area contributed by atoms with Crippen molar-refractivity contribution in [1.29, 1.82) is 0 Å². The van der Waals surface area contributed by atoms with Crippen LogP contribution in [0.2, 0.25) is 0 Å². The maximum Gasteiger partial charge on any atom is 0.257 e. The Balaban J connectivity index is 1.80. The number of thiazole rings is 1. The third-order valence-corrected chi connectivity index (χ3v) is 4.78. The predicted octanol–water partition coefficient (Wildman–Crippen LogP) is 4.10. The molecular formula is C20H20N2O5S. The Morgan fingerprint density at radius 1 is 0.893 bits per heavy atom. The number of nitrogens with zero attached hydrogens (tertiary/aromatic N) is 1. The summed E-state index contributed by atoms with van der Waals surface area (Å²) < 4.78 is 21.0. The molecule has 0 aliphatic rings. The fourth-order valence-electron chi connectivity index (χ4n) is 2.57. The summed E-state index contributed by atoms with van der Waals surface area (Å²) in [6.07, 6.45) is 0. The van der Waals surface area contributed by atoms with Crippen molar-refractivity contribution in [3.63, 3.8) is 0 Å². The van der Waals surface area contributed by atoms with Gasteiger partial charge in [-0.1, -0.05) is 0 Å². The molecule has 3 aromatic rings. The fourth-order valence-corrected chi connectivity index (χ4v) is 3.28. The highest BCUT2D eigenvalue weighted by atomic mass is 32.1. The third kappa shape index (κ3) is 4.17. The quantitative estimate of drug-likeness (QED) is 0.643. The average molecular weight is 400 g/mol. The summed E-state index contributed by atoms with van der Waals surface area (Å²) in [5.41, 5.74) is 2.00. The SMILES string of the molecule is COc1cc(OC)cc(C(=O)Nc2nc(-c3ccc(OC)c(OC)c3)cs2)c1. The molecule has 1 amide bonds. The Bertz CT molecular complexity index is 964. The van der Waals surface area contributed by atoms with Crippen LogP contribution in [0, 0.1) is 0 Å². The van der Waals surface area contributed by atoms with Gasteiger partial charge in [0.1, 0.15) is 11.5 Å². The van der Waals surface area contributed by atoms with Gasteiger partial charge in [0.05, 0.1) is 34.1 Å². The molecule has 1 aromatic heterocycles. The molecule has 0 fully saturated rings. The second-order valence-corrected chi connectivity index (χ2v) is 6.52. The summed E-state index contributed by atoms with van der Waals surface area (Å²) in [6.45, 7) is 0. The van der Waals surface area contributed by atoms with Crippen LogP contribution in [-0.4, -0.2) is 39.3 Å². The van der Waals surface area contributed by atoms with Gasteiger partial charge in [-0.2, -0.15) is 0 Å². The van der Waals surface area contributed by atoms with E-state index in [1.165, 1.54) is 25.6 Å². The lowest BCUT2D eigenvalue weighted by molar-refractivity contribution is 0.102. The molecule has 1 N–H and O–H groups in total. The monoisotopic (exact) mass is 400 g/mol. The number of carbonyl (C=O) groups is 1. The molecule has 8 heteroatoms. The molecular weight excluding hydrogens is 380 g/mol. The van der Waals surface area contributed by atoms with E-state index in [1.807, 2.05) is 23.6 Å². The van der Waals surface area contributed by atoms with Gasteiger partial charge in [0.2, 0.25) is 0 Å². The Morgan fingerprint density at radius 3 is 2.18 bits per heavy atom. The second-order valence-electron chi connectivity index (χ2n) is 5.66. The topological polar surface area (TPSA) is 78.9 Å². The number of methoxy groups -OCH3 is 4. The van der Waals surface area contributed by atoms with Crippen LogP contribution in [0.3, 0.4) is 0 Å². The minimum absolute atomic E-state index is 0.301. The van der Waals surface area contributed by atoms with Crippen LogP contribution in [-0.2, 0) is 0 Å². The van der Waals surface area contributed by atoms with E-state index in [-0.39, 0.29) is 5.91 Å². The molecule has 0 saturated heterocycles. The summed E-state index contributed by atoms with van der Waals surface area (Å²) in [5.74, 6) is 2.03. The van der Waals surface area contributed by atoms with Crippen molar-refractivity contribution < 1.29 is 23.7 Å². The van der Waals surface area contributed by atoms with Gasteiger partial charge in [-0.15, -0.1) is 11.3 Å². The van der Waals surface area contributed by atoms with E-state index in [0.717, 1.165) is 11.3 Å². The molecule has 0 aliphatic carbocycles. The number of rotatable bonds is 7. The molecule has 0 radical (unpaired) electrons. The highest BCUT2D eigenvalue weighted by molar-refractivity contribution is 7.14. The molecule has 0 spiro atoms. The number of aromatic nitrogens is 1. The number of nitrogens with one attached hydrogen (secondary N) is 1. The standard InChI is InChI=1S/C20H20N2O5S/c1-24-14-7-13(8-15(10-14)25-2)19(23)22-20-21-16(11-28-20)12-5-6-17(26-3)18(9-12)27-4/h5-11H,1-4H3,(H,21,22,23). The Labute approximate surface area is 166 Å². The molecule has 0 aliphatic heterocycles. The predicted molar refractivity (Wildman–Crippen MR) is 108 cm³/mol. The fraction of sp³-hybridized carbons (Fsp3) is 0.200. The largest absolute Gasteiger partial charge is 0.497 e. The van der Waals surface area contributed by atoms with Crippen molar-refractivity contribution in [3.05, 3.63) is 47.3 Å². The average Bonchev–Trinajstić information content (AvgIpc) is 3.21. The smallest absolute Gasteiger partial charge is 0.257 e. The van der Waals surface area contributed by atoms with Gasteiger partial charge in [0, 0.05) is 22.6 Å².